The number of nitrogens with zero attached hydrogens (tertiary/aromatic N) is 21. The van der Waals surface area contributed by atoms with E-state index >= 15 is 4.39 Å². The van der Waals surface area contributed by atoms with E-state index < -0.39 is 66.4 Å². The van der Waals surface area contributed by atoms with E-state index in [2.05, 4.69) is 60.4 Å². The number of sulfone groups is 2. The van der Waals surface area contributed by atoms with Gasteiger partial charge in [0.1, 0.15) is 28.8 Å². The van der Waals surface area contributed by atoms with E-state index in [1.54, 1.807) is 48.2 Å². The molecule has 3 atom stereocenters. The van der Waals surface area contributed by atoms with E-state index in [9.17, 15) is 43.9 Å². The first kappa shape index (κ1) is 70.8. The molecule has 12 heterocycles. The minimum atomic E-state index is -3.47. The summed E-state index contributed by atoms with van der Waals surface area (Å²) < 4.78 is 156. The van der Waals surface area contributed by atoms with Gasteiger partial charge >= 0.3 is 0 Å². The SMILES string of the molecule is COc1cc(F)cc2c1nc(N)n1nc([C@]3(F)CCCN(c4cnn(CC(C)(C)O)c4)C3)nc21.COc1cc2nc(N)n3nc([C@@H]4CCCN(c5cn(CS(C)(=O)=O)nc5C(F)F)C4)nc3c2cc1F.COc1cc2nc(N)n3nc([C@@H]4CCCN(c5cnn(CS(C)(=O)=O)c5)C4)nc3c2cc1F. The largest absolute Gasteiger partial charge is 0.494 e. The van der Waals surface area contributed by atoms with Crippen molar-refractivity contribution < 1.29 is 62.5 Å². The van der Waals surface area contributed by atoms with Crippen molar-refractivity contribution in [1.82, 2.24) is 88.1 Å². The molecule has 103 heavy (non-hydrogen) atoms. The minimum absolute atomic E-state index is 0.00433. The maximum atomic E-state index is 16.3. The highest BCUT2D eigenvalue weighted by Crippen LogP contribution is 2.40. The van der Waals surface area contributed by atoms with Crippen LogP contribution in [0.4, 0.5) is 61.2 Å². The molecule has 3 aliphatic heterocycles. The molecule has 7 N–H and O–H groups in total. The summed E-state index contributed by atoms with van der Waals surface area (Å²) in [5.74, 6) is -1.06. The predicted octanol–water partition coefficient (Wildman–Crippen LogP) is 6.56. The summed E-state index contributed by atoms with van der Waals surface area (Å²) in [5.41, 5.74) is 18.9. The highest BCUT2D eigenvalue weighted by atomic mass is 32.2. The van der Waals surface area contributed by atoms with Crippen LogP contribution < -0.4 is 46.1 Å². The first-order valence-electron chi connectivity index (χ1n) is 32.3. The maximum Gasteiger partial charge on any atom is 0.284 e. The number of piperidine rings is 3. The van der Waals surface area contributed by atoms with Crippen LogP contribution in [0.15, 0.2) is 67.4 Å². The molecule has 3 fully saturated rings. The lowest BCUT2D eigenvalue weighted by Gasteiger charge is -2.36. The normalized spacial score (nSPS) is 17.8. The van der Waals surface area contributed by atoms with Gasteiger partial charge in [-0.25, -0.2) is 73.1 Å². The number of anilines is 6. The second-order valence-corrected chi connectivity index (χ2v) is 30.6. The zero-order valence-electron chi connectivity index (χ0n) is 56.7. The van der Waals surface area contributed by atoms with Crippen LogP contribution in [0, 0.1) is 17.5 Å². The van der Waals surface area contributed by atoms with Gasteiger partial charge < -0.3 is 51.2 Å². The third-order valence-electron chi connectivity index (χ3n) is 17.7. The predicted molar refractivity (Wildman–Crippen MR) is 368 cm³/mol. The topological polar surface area (TPSA) is 387 Å². The zero-order valence-corrected chi connectivity index (χ0v) is 58.3. The molecule has 0 amide bonds. The van der Waals surface area contributed by atoms with Crippen molar-refractivity contribution in [1.29, 1.82) is 0 Å². The first-order valence-corrected chi connectivity index (χ1v) is 36.4. The number of methoxy groups -OCH3 is 3. The van der Waals surface area contributed by atoms with Crippen molar-refractivity contribution in [2.24, 2.45) is 0 Å². The maximum absolute atomic E-state index is 16.3. The molecule has 0 bridgehead atoms. The Morgan fingerprint density at radius 1 is 0.602 bits per heavy atom. The smallest absolute Gasteiger partial charge is 0.284 e. The zero-order chi connectivity index (χ0) is 73.4. The van der Waals surface area contributed by atoms with Gasteiger partial charge in [-0.05, 0) is 70.6 Å². The van der Waals surface area contributed by atoms with Gasteiger partial charge in [0.05, 0.1) is 85.9 Å². The Morgan fingerprint density at radius 2 is 1.11 bits per heavy atom. The number of alkyl halides is 3. The molecule has 9 aromatic heterocycles. The molecule has 3 aromatic carbocycles. The number of nitrogen functional groups attached to an aromatic ring is 3. The second-order valence-electron chi connectivity index (χ2n) is 26.4. The average molecular weight is 1470 g/mol. The van der Waals surface area contributed by atoms with E-state index in [0.29, 0.717) is 108 Å². The third-order valence-corrected chi connectivity index (χ3v) is 19.2. The van der Waals surface area contributed by atoms with Gasteiger partial charge in [-0.2, -0.15) is 28.8 Å². The van der Waals surface area contributed by atoms with Crippen LogP contribution in [0.2, 0.25) is 0 Å². The molecular weight excluding hydrogens is 1400 g/mol. The fourth-order valence-electron chi connectivity index (χ4n) is 13.2. The average Bonchev–Trinajstić information content (AvgIpc) is 1.64. The fraction of sp³-hybridized carbons (Fsp3) is 0.429. The van der Waals surface area contributed by atoms with Gasteiger partial charge in [-0.3, -0.25) is 14.0 Å². The van der Waals surface area contributed by atoms with Crippen molar-refractivity contribution in [3.8, 4) is 17.2 Å². The number of aromatic nitrogens is 18. The van der Waals surface area contributed by atoms with Crippen LogP contribution in [0.25, 0.3) is 49.7 Å². The van der Waals surface area contributed by atoms with Gasteiger partial charge in [0.2, 0.25) is 17.8 Å². The molecule has 3 saturated heterocycles. The van der Waals surface area contributed by atoms with Gasteiger partial charge in [0.15, 0.2) is 88.6 Å². The molecular formula is C63H72F6N24O8S2. The molecule has 0 unspecified atom stereocenters. The first-order chi connectivity index (χ1) is 48.8. The van der Waals surface area contributed by atoms with Gasteiger partial charge in [-0.1, -0.05) is 0 Å². The minimum Gasteiger partial charge on any atom is -0.494 e. The fourth-order valence-corrected chi connectivity index (χ4v) is 14.4. The Hall–Kier alpha value is -10.6. The van der Waals surface area contributed by atoms with Crippen molar-refractivity contribution in [3.05, 3.63) is 108 Å². The van der Waals surface area contributed by atoms with Crippen LogP contribution in [-0.4, -0.2) is 189 Å². The number of benzene rings is 3. The van der Waals surface area contributed by atoms with Crippen molar-refractivity contribution in [2.75, 3.05) is 105 Å². The molecule has 12 aromatic rings. The quantitative estimate of drug-likeness (QED) is 0.0744. The molecule has 0 saturated carbocycles. The third kappa shape index (κ3) is 14.8. The number of aliphatic hydroxyl groups is 1. The van der Waals surface area contributed by atoms with E-state index in [4.69, 9.17) is 36.4 Å². The van der Waals surface area contributed by atoms with Gasteiger partial charge in [0.25, 0.3) is 6.43 Å². The number of rotatable bonds is 16. The van der Waals surface area contributed by atoms with Gasteiger partial charge in [-0.15, -0.1) is 15.3 Å². The number of ether oxygens (including phenoxy) is 3. The van der Waals surface area contributed by atoms with Crippen LogP contribution in [0.3, 0.4) is 0 Å². The summed E-state index contributed by atoms with van der Waals surface area (Å²) in [7, 11) is -2.52. The molecule has 0 aliphatic carbocycles. The summed E-state index contributed by atoms with van der Waals surface area (Å²) >= 11 is 0. The van der Waals surface area contributed by atoms with Crippen molar-refractivity contribution in [2.45, 2.75) is 100 Å². The number of halogens is 6. The van der Waals surface area contributed by atoms with Crippen LogP contribution in [-0.2, 0) is 43.6 Å². The lowest BCUT2D eigenvalue weighted by molar-refractivity contribution is 0.0577. The molecule has 546 valence electrons. The highest BCUT2D eigenvalue weighted by molar-refractivity contribution is 7.89. The Kier molecular flexibility index (Phi) is 18.7. The monoisotopic (exact) mass is 1470 g/mol. The van der Waals surface area contributed by atoms with Crippen LogP contribution in [0.5, 0.6) is 17.2 Å². The summed E-state index contributed by atoms with van der Waals surface area (Å²) in [6.07, 6.45) is 11.4. The molecule has 0 spiro atoms. The Bertz CT molecular complexity index is 5470. The Morgan fingerprint density at radius 3 is 1.67 bits per heavy atom. The van der Waals surface area contributed by atoms with E-state index in [-0.39, 0.29) is 82.9 Å². The van der Waals surface area contributed by atoms with E-state index in [1.807, 2.05) is 4.90 Å². The van der Waals surface area contributed by atoms with Crippen molar-refractivity contribution >= 4 is 104 Å². The number of hydrogen-bond acceptors (Lipinski definition) is 26. The molecule has 3 aliphatic rings. The van der Waals surface area contributed by atoms with E-state index in [0.717, 1.165) is 41.7 Å². The van der Waals surface area contributed by atoms with Crippen LogP contribution in [0.1, 0.15) is 93.8 Å². The highest BCUT2D eigenvalue weighted by Gasteiger charge is 2.42. The summed E-state index contributed by atoms with van der Waals surface area (Å²) in [5, 5.41) is 36.9. The molecule has 0 radical (unpaired) electrons. The summed E-state index contributed by atoms with van der Waals surface area (Å²) in [6.45, 7) is 6.59. The summed E-state index contributed by atoms with van der Waals surface area (Å²) in [6, 6.07) is 7.97. The standard InChI is InChI=1S/C22H26F2N8O2.C21H23F3N8O3S.C20H23FN8O3S/c1-21(2,33)11-31-10-14(9-26-31)30-6-4-5-22(24,12-30)19-28-18-15-7-13(23)8-16(34-3)17(15)27-20(25)32(18)29-19;1-35-16-7-14-12(6-13(16)22)20-27-19(29-32(20)21(25)26-14)11-4-3-5-30(8-11)15-9-31(10-36(2,33)34)28-17(15)18(23)24;1-32-17-7-16-14(6-15(17)21)19-25-18(26-29(19)20(22)24-16)12-4-3-5-27(9-12)13-8-23-28(10-13)11-33(2,30)31/h7-10,33H,4-6,11-12H2,1-3H3,(H2,25,27);6-7,9,11,18H,3-5,8,10H2,1-2H3,(H2,25,26);6-8,10,12H,3-5,9,11H2,1-2H3,(H2,22,24)/t22-;11-;12-/m011/s1. The van der Waals surface area contributed by atoms with Gasteiger partial charge in [0, 0.05) is 105 Å². The molecule has 15 rings (SSSR count). The molecule has 32 nitrogen and oxygen atoms in total. The number of hydrogen-bond donors (Lipinski definition) is 4. The van der Waals surface area contributed by atoms with E-state index in [1.165, 1.54) is 88.4 Å². The lowest BCUT2D eigenvalue weighted by Crippen LogP contribution is -2.44. The number of fused-ring (bicyclic) bond motifs is 9. The Balaban J connectivity index is 0.000000138. The summed E-state index contributed by atoms with van der Waals surface area (Å²) in [4.78, 5) is 32.4. The molecule has 40 heteroatoms. The number of nitrogens with two attached hydrogens (primary N) is 3. The second kappa shape index (κ2) is 27.3. The van der Waals surface area contributed by atoms with Crippen LogP contribution >= 0.6 is 0 Å². The lowest BCUT2D eigenvalue weighted by atomic mass is 9.93. The Labute approximate surface area is 582 Å². The van der Waals surface area contributed by atoms with Crippen molar-refractivity contribution in [3.63, 3.8) is 0 Å².